The summed E-state index contributed by atoms with van der Waals surface area (Å²) in [5.74, 6) is -12.9. The summed E-state index contributed by atoms with van der Waals surface area (Å²) in [5.41, 5.74) is -6.17. The highest BCUT2D eigenvalue weighted by Crippen LogP contribution is 2.66. The molecule has 27 nitrogen and oxygen atoms in total. The van der Waals surface area contributed by atoms with Gasteiger partial charge in [0, 0.05) is 85.6 Å². The number of aliphatic imine (C=N–C) groups is 1. The lowest BCUT2D eigenvalue weighted by Gasteiger charge is -2.68. The number of nitrogens with two attached hydrogens (primary N) is 1. The zero-order chi connectivity index (χ0) is 76.5. The van der Waals surface area contributed by atoms with Crippen molar-refractivity contribution in [3.63, 3.8) is 0 Å². The molecule has 0 spiro atoms. The normalized spacial score (nSPS) is 30.9. The number of ether oxygens (including phenoxy) is 10. The second-order valence-electron chi connectivity index (χ2n) is 30.4. The molecule has 564 valence electrons. The maximum Gasteiger partial charge on any atom is 0.348 e. The number of carbonyl (C=O) groups excluding carboxylic acids is 9. The van der Waals surface area contributed by atoms with Crippen molar-refractivity contribution in [3.8, 4) is 17.2 Å². The number of fused-ring (bicyclic) bond motifs is 8. The number of aliphatic hydroxyl groups is 4. The Balaban J connectivity index is 0.916. The van der Waals surface area contributed by atoms with E-state index in [0.717, 1.165) is 0 Å². The van der Waals surface area contributed by atoms with Gasteiger partial charge in [0.2, 0.25) is 11.9 Å². The zero-order valence-corrected chi connectivity index (χ0v) is 60.8. The number of esters is 5. The Morgan fingerprint density at radius 2 is 1.48 bits per heavy atom. The summed E-state index contributed by atoms with van der Waals surface area (Å²) in [4.78, 5) is 136. The highest BCUT2D eigenvalue weighted by molar-refractivity contribution is 6.31. The van der Waals surface area contributed by atoms with Crippen LogP contribution in [0.4, 0.5) is 0 Å². The van der Waals surface area contributed by atoms with Crippen molar-refractivity contribution in [2.24, 2.45) is 33.4 Å². The van der Waals surface area contributed by atoms with E-state index in [-0.39, 0.29) is 69.7 Å². The highest BCUT2D eigenvalue weighted by Gasteiger charge is 2.77. The molecule has 2 aliphatic heterocycles. The summed E-state index contributed by atoms with van der Waals surface area (Å²) in [6, 6.07) is 19.3. The summed E-state index contributed by atoms with van der Waals surface area (Å²) >= 11 is 0. The van der Waals surface area contributed by atoms with E-state index in [1.165, 1.54) is 58.4 Å². The van der Waals surface area contributed by atoms with Crippen molar-refractivity contribution in [1.29, 1.82) is 0 Å². The zero-order valence-electron chi connectivity index (χ0n) is 60.8. The van der Waals surface area contributed by atoms with Crippen LogP contribution < -0.4 is 10.5 Å². The van der Waals surface area contributed by atoms with Crippen LogP contribution >= 0.6 is 0 Å². The standard InChI is InChI=1S/C78H92N2O25/c1-37-28-52-77(36-98-52,104-40(4)82)68-70(103-71(92)42-22-17-14-18-23-42)78(95)33-49(38(2)60(74(78,8)9)67(97-12)69(91)75(37,68)10)101-72(93)66(45(41-20-15-13-16-21-41)29-54(85)105-73(5,6)7)102-53(84)27-26-43(83)34-80-51(35-81)76(94)31-46-57(50(32-76)100-55-30-47(79)61(86)39(3)99-55)65(90)59-58(63(46)88)62(87)44-24-19-25-48(96-11)56(44)64(59)89/h13-25,37,39,45,47,49-50,52,55,61,66-68,70,81,86,88,90,94-95H,26-36,79H2,1-12H3/t37-,39-,45+,47-,49+,50+,52+,55+,61+,66-,67+,68+,70+,75+,76+,77+,78?/m0/s1. The highest BCUT2D eigenvalue weighted by atomic mass is 16.7. The van der Waals surface area contributed by atoms with E-state index in [0.29, 0.717) is 0 Å². The van der Waals surface area contributed by atoms with Crippen LogP contribution in [0, 0.1) is 22.7 Å². The van der Waals surface area contributed by atoms with Gasteiger partial charge >= 0.3 is 29.8 Å². The van der Waals surface area contributed by atoms with Crippen molar-refractivity contribution in [2.45, 2.75) is 210 Å². The number of hydrogen-bond acceptors (Lipinski definition) is 27. The third-order valence-electron chi connectivity index (χ3n) is 22.6. The summed E-state index contributed by atoms with van der Waals surface area (Å²) in [6.45, 7) is 13.9. The van der Waals surface area contributed by atoms with Crippen LogP contribution in [0.2, 0.25) is 0 Å². The summed E-state index contributed by atoms with van der Waals surface area (Å²) in [7, 11) is 2.60. The molecule has 0 radical (unpaired) electrons. The molecule has 2 heterocycles. The Bertz CT molecular complexity index is 4190. The van der Waals surface area contributed by atoms with Gasteiger partial charge in [-0.2, -0.15) is 0 Å². The van der Waals surface area contributed by atoms with Gasteiger partial charge in [-0.25, -0.2) is 9.59 Å². The maximum atomic E-state index is 16.0. The van der Waals surface area contributed by atoms with E-state index in [1.807, 2.05) is 6.92 Å². The van der Waals surface area contributed by atoms with Crippen LogP contribution in [0.5, 0.6) is 17.2 Å². The smallest absolute Gasteiger partial charge is 0.348 e. The molecule has 8 N–H and O–H groups in total. The minimum absolute atomic E-state index is 0.00871. The van der Waals surface area contributed by atoms with Gasteiger partial charge in [-0.1, -0.05) is 88.4 Å². The molecule has 0 aromatic heterocycles. The first-order chi connectivity index (χ1) is 49.4. The van der Waals surface area contributed by atoms with Crippen LogP contribution in [0.25, 0.3) is 0 Å². The van der Waals surface area contributed by atoms with Gasteiger partial charge in [-0.3, -0.25) is 38.6 Å². The van der Waals surface area contributed by atoms with Crippen molar-refractivity contribution in [3.05, 3.63) is 135 Å². The van der Waals surface area contributed by atoms with E-state index < -0.39 is 245 Å². The Labute approximate surface area is 606 Å². The number of Topliss-reactive ketones (excluding diaryl/α,β-unsaturated/α-hetero) is 2. The number of aromatic hydroxyl groups is 2. The molecule has 1 unspecified atom stereocenters. The van der Waals surface area contributed by atoms with Crippen LogP contribution in [-0.4, -0.2) is 201 Å². The number of hydrogen-bond donors (Lipinski definition) is 7. The lowest BCUT2D eigenvalue weighted by molar-refractivity contribution is -0.340. The van der Waals surface area contributed by atoms with E-state index >= 15 is 9.59 Å². The molecule has 105 heavy (non-hydrogen) atoms. The van der Waals surface area contributed by atoms with E-state index in [1.54, 1.807) is 97.0 Å². The van der Waals surface area contributed by atoms with Crippen LogP contribution in [0.1, 0.15) is 185 Å². The SMILES string of the molecule is COc1cccc2c1C(=O)c1c(O)c3c(c(O)c1C2=O)C[C@](O)(C(CO)=NCC(=O)CCC(=O)O[C@H](C(=O)O[C@@H]1CC2(O)[C@H](OC(=O)c4ccccc4)[C@H]4[C@@]5(OC(C)=O)CO[C@@H]5C[C@H](C)[C@@]4(C)C(=O)[C@H](OC)C(=C1C)C2(C)C)[C@H](CC(=O)OC(C)(C)C)c1ccccc1)C[C@H]3O[C@@H]1C[C@H](N)[C@H](O)[C@H](C)O1. The maximum absolute atomic E-state index is 16.0. The van der Waals surface area contributed by atoms with Gasteiger partial charge in [0.25, 0.3) is 0 Å². The lowest BCUT2D eigenvalue weighted by atomic mass is 9.43. The molecule has 11 rings (SSSR count). The molecular weight excluding hydrogens is 1360 g/mol. The Hall–Kier alpha value is -8.64. The van der Waals surface area contributed by atoms with E-state index in [9.17, 15) is 64.2 Å². The van der Waals surface area contributed by atoms with Gasteiger partial charge in [-0.05, 0) is 81.9 Å². The molecule has 4 aromatic rings. The molecule has 4 aromatic carbocycles. The van der Waals surface area contributed by atoms with Crippen molar-refractivity contribution in [2.75, 3.05) is 34.0 Å². The molecule has 2 bridgehead atoms. The number of nitrogens with zero attached hydrogens (tertiary/aromatic N) is 1. The largest absolute Gasteiger partial charge is 0.507 e. The molecule has 4 fully saturated rings. The molecule has 27 heteroatoms. The van der Waals surface area contributed by atoms with Crippen LogP contribution in [-0.2, 0) is 77.8 Å². The monoisotopic (exact) mass is 1460 g/mol. The number of rotatable bonds is 21. The Morgan fingerprint density at radius 3 is 2.09 bits per heavy atom. The van der Waals surface area contributed by atoms with Gasteiger partial charge in [0.05, 0.1) is 91.9 Å². The molecule has 17 atom stereocenters. The number of carbonyl (C=O) groups is 9. The summed E-state index contributed by atoms with van der Waals surface area (Å²) in [5, 5.41) is 73.1. The predicted octanol–water partition coefficient (Wildman–Crippen LogP) is 6.23. The minimum atomic E-state index is -2.38. The number of benzene rings is 4. The van der Waals surface area contributed by atoms with E-state index in [4.69, 9.17) is 53.1 Å². The van der Waals surface area contributed by atoms with E-state index in [2.05, 4.69) is 4.99 Å². The van der Waals surface area contributed by atoms with Crippen molar-refractivity contribution < 1.29 is 121 Å². The fourth-order valence-corrected chi connectivity index (χ4v) is 17.1. The number of ketones is 4. The Morgan fingerprint density at radius 1 is 0.810 bits per heavy atom. The van der Waals surface area contributed by atoms with Gasteiger partial charge in [-0.15, -0.1) is 0 Å². The second kappa shape index (κ2) is 29.3. The third kappa shape index (κ3) is 13.8. The Kier molecular flexibility index (Phi) is 21.6. The van der Waals surface area contributed by atoms with Gasteiger partial charge < -0.3 is 83.7 Å². The average molecular weight is 1460 g/mol. The first-order valence-corrected chi connectivity index (χ1v) is 35.2. The summed E-state index contributed by atoms with van der Waals surface area (Å²) in [6.07, 6.45) is -16.3. The topological polar surface area (TPSA) is 406 Å². The quantitative estimate of drug-likeness (QED) is 0.0141. The van der Waals surface area contributed by atoms with Crippen molar-refractivity contribution in [1.82, 2.24) is 0 Å². The van der Waals surface area contributed by atoms with Gasteiger partial charge in [0.15, 0.2) is 29.2 Å². The number of phenolic OH excluding ortho intramolecular Hbond substituents is 2. The first kappa shape index (κ1) is 77.5. The minimum Gasteiger partial charge on any atom is -0.507 e. The fourth-order valence-electron chi connectivity index (χ4n) is 17.1. The molecule has 5 aliphatic carbocycles. The molecule has 0 amide bonds. The molecule has 2 saturated carbocycles. The van der Waals surface area contributed by atoms with Crippen molar-refractivity contribution >= 4 is 58.7 Å². The third-order valence-corrected chi connectivity index (χ3v) is 22.6. The molecule has 7 aliphatic rings. The van der Waals surface area contributed by atoms with Crippen LogP contribution in [0.15, 0.2) is 95.0 Å². The fraction of sp³-hybridized carbons (Fsp3) is 0.538. The first-order valence-electron chi connectivity index (χ1n) is 35.2. The number of aliphatic hydroxyl groups excluding tert-OH is 2. The average Bonchev–Trinajstić information content (AvgIpc) is 0.670. The second-order valence-corrected chi connectivity index (χ2v) is 30.4. The number of methoxy groups -OCH3 is 2. The lowest BCUT2D eigenvalue weighted by Crippen LogP contribution is -2.80. The van der Waals surface area contributed by atoms with Gasteiger partial charge in [0.1, 0.15) is 58.5 Å². The summed E-state index contributed by atoms with van der Waals surface area (Å²) < 4.78 is 61.5. The molecule has 2 saturated heterocycles. The van der Waals surface area contributed by atoms with Crippen LogP contribution in [0.3, 0.4) is 0 Å². The predicted molar refractivity (Wildman–Crippen MR) is 370 cm³/mol. The molecular formula is C78H92N2O25. The number of phenols is 2.